The first-order valence-electron chi connectivity index (χ1n) is 16.5. The number of carbonyl (C=O) groups is 2. The maximum Gasteiger partial charge on any atom is 0.255 e. The fraction of sp³-hybridized carbons (Fsp3) is 0.441. The van der Waals surface area contributed by atoms with Gasteiger partial charge in [0.25, 0.3) is 11.8 Å². The third-order valence-corrected chi connectivity index (χ3v) is 10.1. The molecule has 0 aliphatic rings. The Morgan fingerprint density at radius 3 is 2.13 bits per heavy atom. The molecule has 2 amide bonds. The Morgan fingerprint density at radius 1 is 0.904 bits per heavy atom. The van der Waals surface area contributed by atoms with Crippen LogP contribution in [0.4, 0.5) is 11.5 Å². The molecule has 52 heavy (non-hydrogen) atoms. The summed E-state index contributed by atoms with van der Waals surface area (Å²) in [4.78, 5) is 49.5. The van der Waals surface area contributed by atoms with Gasteiger partial charge in [0.2, 0.25) is 0 Å². The summed E-state index contributed by atoms with van der Waals surface area (Å²) in [6.45, 7) is 19.6. The predicted molar refractivity (Wildman–Crippen MR) is 208 cm³/mol. The zero-order chi connectivity index (χ0) is 38.6. The van der Waals surface area contributed by atoms with Crippen molar-refractivity contribution >= 4 is 79.5 Å². The number of amides is 2. The van der Waals surface area contributed by atoms with Gasteiger partial charge in [-0.3, -0.25) is 9.59 Å². The van der Waals surface area contributed by atoms with Crippen LogP contribution in [0.25, 0.3) is 22.3 Å². The molecule has 18 heteroatoms. The van der Waals surface area contributed by atoms with Crippen molar-refractivity contribution in [2.75, 3.05) is 18.2 Å². The number of aromatic nitrogens is 7. The Balaban J connectivity index is 0.000000234. The number of anilines is 2. The number of H-pyrrole nitrogens is 1. The summed E-state index contributed by atoms with van der Waals surface area (Å²) < 4.78 is 31.2. The van der Waals surface area contributed by atoms with E-state index in [4.69, 9.17) is 4.74 Å². The molecular formula is C34H47BrN10O5SSi. The number of hydrogen-bond donors (Lipinski definition) is 4. The van der Waals surface area contributed by atoms with Crippen LogP contribution in [0.2, 0.25) is 25.7 Å². The van der Waals surface area contributed by atoms with Gasteiger partial charge in [-0.1, -0.05) is 19.6 Å². The highest BCUT2D eigenvalue weighted by Gasteiger charge is 2.23. The first kappa shape index (κ1) is 40.5. The molecule has 5 rings (SSSR count). The molecule has 15 nitrogen and oxygen atoms in total. The number of ether oxygens (including phenoxy) is 1. The second-order valence-electron chi connectivity index (χ2n) is 15.6. The Labute approximate surface area is 313 Å². The highest BCUT2D eigenvalue weighted by Crippen LogP contribution is 2.22. The lowest BCUT2D eigenvalue weighted by atomic mass is 10.1. The van der Waals surface area contributed by atoms with E-state index >= 15 is 0 Å². The van der Waals surface area contributed by atoms with Crippen molar-refractivity contribution in [3.8, 4) is 0 Å². The van der Waals surface area contributed by atoms with E-state index in [1.807, 2.05) is 46.1 Å². The van der Waals surface area contributed by atoms with E-state index in [-0.39, 0.29) is 27.9 Å². The normalized spacial score (nSPS) is 12.4. The van der Waals surface area contributed by atoms with Crippen LogP contribution in [-0.4, -0.2) is 86.7 Å². The Hall–Kier alpha value is -4.26. The van der Waals surface area contributed by atoms with Crippen LogP contribution >= 0.6 is 15.9 Å². The zero-order valence-electron chi connectivity index (χ0n) is 31.2. The summed E-state index contributed by atoms with van der Waals surface area (Å²) >= 11 is 3.33. The van der Waals surface area contributed by atoms with Gasteiger partial charge in [-0.2, -0.15) is 0 Å². The lowest BCUT2D eigenvalue weighted by Crippen LogP contribution is -2.40. The summed E-state index contributed by atoms with van der Waals surface area (Å²) in [5.74, 6) is -0.00839. The molecule has 5 aromatic heterocycles. The summed E-state index contributed by atoms with van der Waals surface area (Å²) in [7, 11) is -4.49. The Bertz CT molecular complexity index is 2170. The average Bonchev–Trinajstić information content (AvgIpc) is 3.58. The molecular weight excluding hydrogens is 768 g/mol. The van der Waals surface area contributed by atoms with Gasteiger partial charge >= 0.3 is 0 Å². The molecule has 0 saturated heterocycles. The van der Waals surface area contributed by atoms with E-state index in [0.29, 0.717) is 62.9 Å². The van der Waals surface area contributed by atoms with Gasteiger partial charge < -0.3 is 30.2 Å². The molecule has 0 atom stereocenters. The van der Waals surface area contributed by atoms with E-state index in [2.05, 4.69) is 81.4 Å². The minimum atomic E-state index is -3.36. The van der Waals surface area contributed by atoms with Gasteiger partial charge in [0.05, 0.1) is 35.4 Å². The van der Waals surface area contributed by atoms with Gasteiger partial charge in [0, 0.05) is 44.4 Å². The van der Waals surface area contributed by atoms with Crippen molar-refractivity contribution in [2.45, 2.75) is 90.1 Å². The fourth-order valence-corrected chi connectivity index (χ4v) is 6.19. The molecule has 0 unspecified atom stereocenters. The molecule has 0 spiro atoms. The third kappa shape index (κ3) is 11.6. The van der Waals surface area contributed by atoms with E-state index in [1.54, 1.807) is 24.7 Å². The third-order valence-electron chi connectivity index (χ3n) is 7.00. The highest BCUT2D eigenvalue weighted by molar-refractivity contribution is 9.10. The summed E-state index contributed by atoms with van der Waals surface area (Å²) in [5, 5.41) is 8.86. The topological polar surface area (TPSA) is 199 Å². The largest absolute Gasteiger partial charge is 0.361 e. The van der Waals surface area contributed by atoms with Crippen LogP contribution in [-0.2, 0) is 21.3 Å². The van der Waals surface area contributed by atoms with Crippen LogP contribution in [0.15, 0.2) is 52.7 Å². The van der Waals surface area contributed by atoms with Crippen LogP contribution < -0.4 is 16.0 Å². The van der Waals surface area contributed by atoms with Gasteiger partial charge in [-0.25, -0.2) is 33.3 Å². The molecule has 0 aromatic carbocycles. The van der Waals surface area contributed by atoms with Crippen molar-refractivity contribution in [1.29, 1.82) is 0 Å². The Kier molecular flexibility index (Phi) is 12.3. The molecule has 5 aromatic rings. The monoisotopic (exact) mass is 814 g/mol. The molecule has 0 aliphatic carbocycles. The van der Waals surface area contributed by atoms with Crippen molar-refractivity contribution in [1.82, 2.24) is 45.1 Å². The minimum absolute atomic E-state index is 0.0126. The number of nitrogens with zero attached hydrogens (tertiary/aromatic N) is 6. The summed E-state index contributed by atoms with van der Waals surface area (Å²) in [6.07, 6.45) is 8.97. The lowest BCUT2D eigenvalue weighted by molar-refractivity contribution is 0.0884. The molecule has 4 N–H and O–H groups in total. The van der Waals surface area contributed by atoms with Crippen molar-refractivity contribution in [3.05, 3.63) is 58.8 Å². The molecule has 0 fully saturated rings. The van der Waals surface area contributed by atoms with Crippen molar-refractivity contribution in [2.24, 2.45) is 0 Å². The number of nitrogens with one attached hydrogen (secondary N) is 4. The van der Waals surface area contributed by atoms with Gasteiger partial charge in [0.1, 0.15) is 28.2 Å². The summed E-state index contributed by atoms with van der Waals surface area (Å²) in [5.41, 5.74) is 2.89. The van der Waals surface area contributed by atoms with Crippen molar-refractivity contribution in [3.63, 3.8) is 0 Å². The smallest absolute Gasteiger partial charge is 0.255 e. The van der Waals surface area contributed by atoms with Gasteiger partial charge in [-0.05, 0) is 75.6 Å². The lowest BCUT2D eigenvalue weighted by Gasteiger charge is -2.20. The number of pyridine rings is 1. The number of halogens is 1. The Morgan fingerprint density at radius 2 is 1.56 bits per heavy atom. The fourth-order valence-electron chi connectivity index (χ4n) is 4.60. The number of sulfone groups is 1. The van der Waals surface area contributed by atoms with Gasteiger partial charge in [0.15, 0.2) is 26.2 Å². The van der Waals surface area contributed by atoms with E-state index < -0.39 is 17.9 Å². The summed E-state index contributed by atoms with van der Waals surface area (Å²) in [6, 6.07) is 4.09. The maximum atomic E-state index is 12.6. The van der Waals surface area contributed by atoms with Crippen LogP contribution in [0.1, 0.15) is 62.3 Å². The van der Waals surface area contributed by atoms with Crippen LogP contribution in [0.3, 0.4) is 0 Å². The van der Waals surface area contributed by atoms with Crippen LogP contribution in [0, 0.1) is 0 Å². The zero-order valence-corrected chi connectivity index (χ0v) is 34.6. The number of rotatable bonds is 10. The molecule has 0 bridgehead atoms. The SMILES string of the molecule is CC(C)(C)NC(=O)c1c[nH]c2ncc(Nc3ccc(S(C)(=O)=O)nc3)nc12.CC(C)(C)NC(=O)c1cn(COCC[Si](C)(C)C)c2ncc(Br)nc12. The highest BCUT2D eigenvalue weighted by atomic mass is 79.9. The first-order chi connectivity index (χ1) is 24.0. The molecule has 280 valence electrons. The van der Waals surface area contributed by atoms with E-state index in [0.717, 1.165) is 12.3 Å². The van der Waals surface area contributed by atoms with E-state index in [1.165, 1.54) is 18.5 Å². The van der Waals surface area contributed by atoms with E-state index in [9.17, 15) is 18.0 Å². The molecule has 0 radical (unpaired) electrons. The first-order valence-corrected chi connectivity index (χ1v) is 22.9. The minimum Gasteiger partial charge on any atom is -0.361 e. The second-order valence-corrected chi connectivity index (χ2v) is 24.0. The average molecular weight is 816 g/mol. The molecule has 0 aliphatic heterocycles. The number of fused-ring (bicyclic) bond motifs is 2. The number of carbonyl (C=O) groups excluding carboxylic acids is 2. The van der Waals surface area contributed by atoms with Crippen LogP contribution in [0.5, 0.6) is 0 Å². The standard InChI is InChI=1S/C17H27BrN4O2Si.C17H20N6O3S/c1-17(2,3)21-16(23)12-10-22(11-24-7-8-25(4,5)6)15-14(12)20-13(18)9-19-15;1-17(2,3)23-16(24)11-8-19-15-14(11)22-12(9-20-15)21-10-5-6-13(18-7-10)27(4,25)26/h9-10H,7-8,11H2,1-6H3,(H,21,23);5-9H,1-4H3,(H,19,20)(H,21,22)(H,23,24). The van der Waals surface area contributed by atoms with Crippen molar-refractivity contribution < 1.29 is 22.7 Å². The molecule has 0 saturated carbocycles. The maximum absolute atomic E-state index is 12.6. The van der Waals surface area contributed by atoms with Gasteiger partial charge in [-0.15, -0.1) is 0 Å². The number of hydrogen-bond acceptors (Lipinski definition) is 11. The number of aromatic amines is 1. The predicted octanol–water partition coefficient (Wildman–Crippen LogP) is 6.06. The second kappa shape index (κ2) is 15.8. The quantitative estimate of drug-likeness (QED) is 0.0944. The molecule has 5 heterocycles.